The Morgan fingerprint density at radius 2 is 1.95 bits per heavy atom. The standard InChI is InChI=1S/C18H24O/c1-2-3-9-17(16-10-5-4-6-11-16)13-15-8-7-12-18(19)14-15/h4-6,10-11,14,17H,2-3,7-9,12-13H2,1H3/t17-/m1/s1. The number of hydrogen-bond acceptors (Lipinski definition) is 1. The number of hydrogen-bond donors (Lipinski definition) is 0. The molecule has 0 heterocycles. The molecule has 0 saturated heterocycles. The number of carbonyl (C=O) groups is 1. The van der Waals surface area contributed by atoms with E-state index in [0.29, 0.717) is 11.7 Å². The van der Waals surface area contributed by atoms with Gasteiger partial charge in [0, 0.05) is 6.42 Å². The smallest absolute Gasteiger partial charge is 0.155 e. The van der Waals surface area contributed by atoms with Gasteiger partial charge in [-0.3, -0.25) is 4.79 Å². The zero-order chi connectivity index (χ0) is 13.5. The molecule has 0 aromatic heterocycles. The van der Waals surface area contributed by atoms with Gasteiger partial charge in [0.1, 0.15) is 0 Å². The highest BCUT2D eigenvalue weighted by molar-refractivity contribution is 5.91. The summed E-state index contributed by atoms with van der Waals surface area (Å²) < 4.78 is 0. The average Bonchev–Trinajstić information content (AvgIpc) is 2.44. The van der Waals surface area contributed by atoms with Gasteiger partial charge in [-0.25, -0.2) is 0 Å². The third kappa shape index (κ3) is 4.34. The van der Waals surface area contributed by atoms with E-state index in [1.807, 2.05) is 6.08 Å². The van der Waals surface area contributed by atoms with Gasteiger partial charge in [-0.2, -0.15) is 0 Å². The molecular weight excluding hydrogens is 232 g/mol. The van der Waals surface area contributed by atoms with Crippen LogP contribution in [-0.2, 0) is 4.79 Å². The van der Waals surface area contributed by atoms with Crippen LogP contribution in [0.3, 0.4) is 0 Å². The summed E-state index contributed by atoms with van der Waals surface area (Å²) in [5.74, 6) is 0.904. The molecular formula is C18H24O. The molecule has 0 saturated carbocycles. The summed E-state index contributed by atoms with van der Waals surface area (Å²) >= 11 is 0. The number of benzene rings is 1. The minimum Gasteiger partial charge on any atom is -0.295 e. The average molecular weight is 256 g/mol. The molecule has 1 aliphatic rings. The van der Waals surface area contributed by atoms with Crippen molar-refractivity contribution in [3.63, 3.8) is 0 Å². The van der Waals surface area contributed by atoms with Crippen LogP contribution >= 0.6 is 0 Å². The first kappa shape index (κ1) is 14.0. The van der Waals surface area contributed by atoms with Gasteiger partial charge in [-0.1, -0.05) is 55.7 Å². The van der Waals surface area contributed by atoms with Crippen LogP contribution in [-0.4, -0.2) is 5.78 Å². The Kier molecular flexibility index (Phi) is 5.38. The van der Waals surface area contributed by atoms with Crippen LogP contribution in [0.1, 0.15) is 63.4 Å². The maximum atomic E-state index is 11.5. The number of unbranched alkanes of at least 4 members (excludes halogenated alkanes) is 1. The van der Waals surface area contributed by atoms with E-state index in [0.717, 1.165) is 25.7 Å². The Labute approximate surface area is 116 Å². The molecule has 1 aromatic carbocycles. The Morgan fingerprint density at radius 3 is 2.63 bits per heavy atom. The fourth-order valence-corrected chi connectivity index (χ4v) is 2.90. The van der Waals surface area contributed by atoms with E-state index in [1.165, 1.54) is 30.4 Å². The minimum absolute atomic E-state index is 0.323. The van der Waals surface area contributed by atoms with Gasteiger partial charge < -0.3 is 0 Å². The molecule has 0 amide bonds. The molecule has 1 aliphatic carbocycles. The third-order valence-corrected chi connectivity index (χ3v) is 3.97. The van der Waals surface area contributed by atoms with Crippen molar-refractivity contribution in [1.82, 2.24) is 0 Å². The van der Waals surface area contributed by atoms with Crippen LogP contribution in [0, 0.1) is 0 Å². The predicted molar refractivity (Wildman–Crippen MR) is 80.3 cm³/mol. The quantitative estimate of drug-likeness (QED) is 0.697. The monoisotopic (exact) mass is 256 g/mol. The van der Waals surface area contributed by atoms with Crippen molar-refractivity contribution in [3.8, 4) is 0 Å². The fourth-order valence-electron chi connectivity index (χ4n) is 2.90. The van der Waals surface area contributed by atoms with Gasteiger partial charge in [0.2, 0.25) is 0 Å². The van der Waals surface area contributed by atoms with Crippen LogP contribution in [0.5, 0.6) is 0 Å². The van der Waals surface area contributed by atoms with E-state index in [4.69, 9.17) is 0 Å². The first-order valence-corrected chi connectivity index (χ1v) is 7.57. The zero-order valence-corrected chi connectivity index (χ0v) is 11.9. The first-order chi connectivity index (χ1) is 9.29. The van der Waals surface area contributed by atoms with E-state index >= 15 is 0 Å². The van der Waals surface area contributed by atoms with Gasteiger partial charge >= 0.3 is 0 Å². The Hall–Kier alpha value is -1.37. The lowest BCUT2D eigenvalue weighted by atomic mass is 9.84. The summed E-state index contributed by atoms with van der Waals surface area (Å²) in [7, 11) is 0. The number of allylic oxidation sites excluding steroid dienone is 2. The van der Waals surface area contributed by atoms with Gasteiger partial charge in [0.25, 0.3) is 0 Å². The molecule has 19 heavy (non-hydrogen) atoms. The van der Waals surface area contributed by atoms with Crippen LogP contribution < -0.4 is 0 Å². The summed E-state index contributed by atoms with van der Waals surface area (Å²) in [5.41, 5.74) is 2.79. The molecule has 0 N–H and O–H groups in total. The van der Waals surface area contributed by atoms with Gasteiger partial charge in [-0.05, 0) is 43.2 Å². The molecule has 1 nitrogen and oxygen atoms in total. The lowest BCUT2D eigenvalue weighted by molar-refractivity contribution is -0.115. The number of ketones is 1. The van der Waals surface area contributed by atoms with E-state index in [1.54, 1.807) is 0 Å². The van der Waals surface area contributed by atoms with Crippen molar-refractivity contribution >= 4 is 5.78 Å². The Balaban J connectivity index is 2.07. The van der Waals surface area contributed by atoms with Crippen molar-refractivity contribution in [3.05, 3.63) is 47.5 Å². The summed E-state index contributed by atoms with van der Waals surface area (Å²) in [6, 6.07) is 10.8. The largest absolute Gasteiger partial charge is 0.295 e. The van der Waals surface area contributed by atoms with E-state index in [-0.39, 0.29) is 0 Å². The predicted octanol–water partition coefficient (Wildman–Crippen LogP) is 5.03. The van der Waals surface area contributed by atoms with Gasteiger partial charge in [0.15, 0.2) is 5.78 Å². The summed E-state index contributed by atoms with van der Waals surface area (Å²) in [4.78, 5) is 11.5. The SMILES string of the molecule is CCCC[C@H](CC1=CC(=O)CCC1)c1ccccc1. The van der Waals surface area contributed by atoms with Crippen molar-refractivity contribution in [2.45, 2.75) is 57.8 Å². The minimum atomic E-state index is 0.323. The molecule has 0 radical (unpaired) electrons. The fraction of sp³-hybridized carbons (Fsp3) is 0.500. The van der Waals surface area contributed by atoms with Crippen LogP contribution in [0.25, 0.3) is 0 Å². The highest BCUT2D eigenvalue weighted by Crippen LogP contribution is 2.32. The lowest BCUT2D eigenvalue weighted by Gasteiger charge is -2.21. The van der Waals surface area contributed by atoms with E-state index < -0.39 is 0 Å². The van der Waals surface area contributed by atoms with Gasteiger partial charge in [0.05, 0.1) is 0 Å². The van der Waals surface area contributed by atoms with E-state index in [2.05, 4.69) is 37.3 Å². The Bertz CT molecular complexity index is 430. The highest BCUT2D eigenvalue weighted by atomic mass is 16.1. The topological polar surface area (TPSA) is 17.1 Å². The maximum absolute atomic E-state index is 11.5. The molecule has 2 rings (SSSR count). The Morgan fingerprint density at radius 1 is 1.16 bits per heavy atom. The maximum Gasteiger partial charge on any atom is 0.155 e. The number of carbonyl (C=O) groups excluding carboxylic acids is 1. The van der Waals surface area contributed by atoms with Gasteiger partial charge in [-0.15, -0.1) is 0 Å². The molecule has 1 atom stereocenters. The lowest BCUT2D eigenvalue weighted by Crippen LogP contribution is -2.07. The zero-order valence-electron chi connectivity index (χ0n) is 11.9. The van der Waals surface area contributed by atoms with E-state index in [9.17, 15) is 4.79 Å². The second kappa shape index (κ2) is 7.28. The summed E-state index contributed by atoms with van der Waals surface area (Å²) in [5, 5.41) is 0. The first-order valence-electron chi connectivity index (χ1n) is 7.57. The van der Waals surface area contributed by atoms with Crippen LogP contribution in [0.2, 0.25) is 0 Å². The van der Waals surface area contributed by atoms with Crippen LogP contribution in [0.4, 0.5) is 0 Å². The van der Waals surface area contributed by atoms with Crippen molar-refractivity contribution in [1.29, 1.82) is 0 Å². The normalized spacial score (nSPS) is 17.1. The summed E-state index contributed by atoms with van der Waals surface area (Å²) in [6.45, 7) is 2.24. The molecule has 0 spiro atoms. The third-order valence-electron chi connectivity index (χ3n) is 3.97. The number of rotatable bonds is 6. The molecule has 0 fully saturated rings. The highest BCUT2D eigenvalue weighted by Gasteiger charge is 2.16. The summed E-state index contributed by atoms with van der Waals surface area (Å²) in [6.07, 6.45) is 9.60. The van der Waals surface area contributed by atoms with Crippen LogP contribution in [0.15, 0.2) is 42.0 Å². The second-order valence-corrected chi connectivity index (χ2v) is 5.58. The molecule has 0 bridgehead atoms. The molecule has 102 valence electrons. The molecule has 1 heteroatoms. The molecule has 0 aliphatic heterocycles. The van der Waals surface area contributed by atoms with Crippen molar-refractivity contribution in [2.75, 3.05) is 0 Å². The van der Waals surface area contributed by atoms with Crippen molar-refractivity contribution < 1.29 is 4.79 Å². The second-order valence-electron chi connectivity index (χ2n) is 5.58. The van der Waals surface area contributed by atoms with Crippen molar-refractivity contribution in [2.24, 2.45) is 0 Å². The molecule has 0 unspecified atom stereocenters. The molecule has 1 aromatic rings.